The fourth-order valence-electron chi connectivity index (χ4n) is 3.50. The van der Waals surface area contributed by atoms with Gasteiger partial charge in [0.05, 0.1) is 13.7 Å². The van der Waals surface area contributed by atoms with Crippen molar-refractivity contribution in [1.82, 2.24) is 9.80 Å². The number of nitrogens with zero attached hydrogens (tertiary/aromatic N) is 2. The van der Waals surface area contributed by atoms with Gasteiger partial charge in [-0.25, -0.2) is 4.39 Å². The fourth-order valence-corrected chi connectivity index (χ4v) is 3.50. The summed E-state index contributed by atoms with van der Waals surface area (Å²) >= 11 is 0. The van der Waals surface area contributed by atoms with E-state index in [9.17, 15) is 14.0 Å². The number of hydrogen-bond donors (Lipinski definition) is 1. The molecule has 1 fully saturated rings. The van der Waals surface area contributed by atoms with Crippen LogP contribution in [0, 0.1) is 5.82 Å². The third-order valence-corrected chi connectivity index (χ3v) is 5.09. The number of ether oxygens (including phenoxy) is 1. The number of carbonyl (C=O) groups is 2. The Kier molecular flexibility index (Phi) is 5.67. The lowest BCUT2D eigenvalue weighted by atomic mass is 10.2. The van der Waals surface area contributed by atoms with Crippen LogP contribution in [-0.2, 0) is 4.79 Å². The van der Waals surface area contributed by atoms with Crippen molar-refractivity contribution in [3.8, 4) is 5.75 Å². The van der Waals surface area contributed by atoms with E-state index in [-0.39, 0.29) is 29.9 Å². The van der Waals surface area contributed by atoms with Crippen LogP contribution in [-0.4, -0.2) is 61.4 Å². The molecule has 30 heavy (non-hydrogen) atoms. The fraction of sp³-hybridized carbons (Fsp3) is 0.273. The van der Waals surface area contributed by atoms with Crippen molar-refractivity contribution in [3.63, 3.8) is 0 Å². The Morgan fingerprint density at radius 3 is 2.53 bits per heavy atom. The highest BCUT2D eigenvalue weighted by molar-refractivity contribution is 5.97. The molecule has 0 aliphatic carbocycles. The van der Waals surface area contributed by atoms with Gasteiger partial charge in [-0.15, -0.1) is 0 Å². The standard InChI is InChI=1S/C22H22FN3O4/c1-29-18-4-2-3-15-13-19(30-21(15)18)22(28)26-11-9-25(10-12-26)14-20(27)24-17-7-5-16(23)6-8-17/h2-8,13H,9-12,14H2,1H3,(H,24,27). The Bertz CT molecular complexity index is 1060. The average Bonchev–Trinajstić information content (AvgIpc) is 3.20. The Morgan fingerprint density at radius 2 is 1.83 bits per heavy atom. The van der Waals surface area contributed by atoms with Crippen LogP contribution in [0.5, 0.6) is 5.75 Å². The summed E-state index contributed by atoms with van der Waals surface area (Å²) in [5.41, 5.74) is 1.11. The normalized spacial score (nSPS) is 14.7. The molecule has 156 valence electrons. The zero-order valence-corrected chi connectivity index (χ0v) is 16.6. The predicted octanol–water partition coefficient (Wildman–Crippen LogP) is 2.98. The smallest absolute Gasteiger partial charge is 0.289 e. The van der Waals surface area contributed by atoms with Gasteiger partial charge in [0.1, 0.15) is 5.82 Å². The van der Waals surface area contributed by atoms with Crippen LogP contribution in [0.2, 0.25) is 0 Å². The molecule has 1 aliphatic rings. The van der Waals surface area contributed by atoms with Crippen molar-refractivity contribution < 1.29 is 23.1 Å². The molecule has 0 unspecified atom stereocenters. The molecule has 0 bridgehead atoms. The van der Waals surface area contributed by atoms with Gasteiger partial charge in [0.2, 0.25) is 5.91 Å². The predicted molar refractivity (Wildman–Crippen MR) is 110 cm³/mol. The first-order valence-electron chi connectivity index (χ1n) is 9.67. The quantitative estimate of drug-likeness (QED) is 0.699. The SMILES string of the molecule is COc1cccc2cc(C(=O)N3CCN(CC(=O)Nc4ccc(F)cc4)CC3)oc12. The van der Waals surface area contributed by atoms with Crippen LogP contribution < -0.4 is 10.1 Å². The van der Waals surface area contributed by atoms with Crippen LogP contribution in [0.15, 0.2) is 52.9 Å². The molecule has 2 aromatic carbocycles. The summed E-state index contributed by atoms with van der Waals surface area (Å²) in [7, 11) is 1.56. The molecule has 0 spiro atoms. The number of anilines is 1. The van der Waals surface area contributed by atoms with Gasteiger partial charge in [-0.2, -0.15) is 0 Å². The monoisotopic (exact) mass is 411 g/mol. The lowest BCUT2D eigenvalue weighted by molar-refractivity contribution is -0.117. The molecule has 8 heteroatoms. The summed E-state index contributed by atoms with van der Waals surface area (Å²) in [6, 6.07) is 12.9. The Hall–Kier alpha value is -3.39. The van der Waals surface area contributed by atoms with E-state index in [1.165, 1.54) is 24.3 Å². The van der Waals surface area contributed by atoms with Crippen LogP contribution in [0.1, 0.15) is 10.6 Å². The molecule has 0 saturated carbocycles. The minimum absolute atomic E-state index is 0.175. The Labute approximate surface area is 173 Å². The van der Waals surface area contributed by atoms with Gasteiger partial charge in [-0.3, -0.25) is 14.5 Å². The van der Waals surface area contributed by atoms with Gasteiger partial charge in [0.15, 0.2) is 17.1 Å². The maximum absolute atomic E-state index is 13.0. The van der Waals surface area contributed by atoms with Gasteiger partial charge in [-0.05, 0) is 36.4 Å². The molecular formula is C22H22FN3O4. The van der Waals surface area contributed by atoms with Gasteiger partial charge in [-0.1, -0.05) is 12.1 Å². The summed E-state index contributed by atoms with van der Waals surface area (Å²) < 4.78 is 24.0. The van der Waals surface area contributed by atoms with E-state index >= 15 is 0 Å². The van der Waals surface area contributed by atoms with E-state index in [2.05, 4.69) is 5.32 Å². The molecule has 2 amide bonds. The van der Waals surface area contributed by atoms with Gasteiger partial charge in [0.25, 0.3) is 5.91 Å². The number of furan rings is 1. The van der Waals surface area contributed by atoms with E-state index in [1.807, 2.05) is 17.0 Å². The zero-order chi connectivity index (χ0) is 21.1. The highest BCUT2D eigenvalue weighted by Gasteiger charge is 2.26. The first-order valence-corrected chi connectivity index (χ1v) is 9.67. The van der Waals surface area contributed by atoms with E-state index in [1.54, 1.807) is 24.1 Å². The number of methoxy groups -OCH3 is 1. The van der Waals surface area contributed by atoms with Crippen LogP contribution in [0.3, 0.4) is 0 Å². The summed E-state index contributed by atoms with van der Waals surface area (Å²) in [6.07, 6.45) is 0. The van der Waals surface area contributed by atoms with Crippen molar-refractivity contribution in [3.05, 3.63) is 60.1 Å². The molecule has 2 heterocycles. The molecule has 0 atom stereocenters. The first-order chi connectivity index (χ1) is 14.5. The van der Waals surface area contributed by atoms with E-state index < -0.39 is 0 Å². The van der Waals surface area contributed by atoms with Crippen molar-refractivity contribution in [2.24, 2.45) is 0 Å². The largest absolute Gasteiger partial charge is 0.493 e. The van der Waals surface area contributed by atoms with Crippen molar-refractivity contribution >= 4 is 28.5 Å². The average molecular weight is 411 g/mol. The van der Waals surface area contributed by atoms with Crippen LogP contribution in [0.25, 0.3) is 11.0 Å². The summed E-state index contributed by atoms with van der Waals surface area (Å²) in [5.74, 6) is 0.159. The maximum Gasteiger partial charge on any atom is 0.289 e. The topological polar surface area (TPSA) is 75.0 Å². The van der Waals surface area contributed by atoms with E-state index in [0.717, 1.165) is 5.39 Å². The second kappa shape index (κ2) is 8.54. The molecule has 1 aromatic heterocycles. The molecular weight excluding hydrogens is 389 g/mol. The molecule has 0 radical (unpaired) electrons. The maximum atomic E-state index is 13.0. The molecule has 1 saturated heterocycles. The minimum Gasteiger partial charge on any atom is -0.493 e. The summed E-state index contributed by atoms with van der Waals surface area (Å²) in [4.78, 5) is 28.7. The molecule has 1 N–H and O–H groups in total. The van der Waals surface area contributed by atoms with Crippen molar-refractivity contribution in [2.75, 3.05) is 45.2 Å². The lowest BCUT2D eigenvalue weighted by Crippen LogP contribution is -2.50. The van der Waals surface area contributed by atoms with Crippen LogP contribution >= 0.6 is 0 Å². The molecule has 3 aromatic rings. The zero-order valence-electron chi connectivity index (χ0n) is 16.6. The Balaban J connectivity index is 1.32. The number of rotatable bonds is 5. The second-order valence-electron chi connectivity index (χ2n) is 7.11. The minimum atomic E-state index is -0.350. The number of benzene rings is 2. The number of fused-ring (bicyclic) bond motifs is 1. The number of nitrogens with one attached hydrogen (secondary N) is 1. The van der Waals surface area contributed by atoms with Crippen LogP contribution in [0.4, 0.5) is 10.1 Å². The summed E-state index contributed by atoms with van der Waals surface area (Å²) in [6.45, 7) is 2.35. The molecule has 4 rings (SSSR count). The first kappa shape index (κ1) is 19.9. The van der Waals surface area contributed by atoms with E-state index in [0.29, 0.717) is 43.2 Å². The molecule has 7 nitrogen and oxygen atoms in total. The van der Waals surface area contributed by atoms with E-state index in [4.69, 9.17) is 9.15 Å². The lowest BCUT2D eigenvalue weighted by Gasteiger charge is -2.33. The third-order valence-electron chi connectivity index (χ3n) is 5.09. The third kappa shape index (κ3) is 4.28. The summed E-state index contributed by atoms with van der Waals surface area (Å²) in [5, 5.41) is 3.56. The number of para-hydroxylation sites is 1. The second-order valence-corrected chi connectivity index (χ2v) is 7.11. The molecule has 1 aliphatic heterocycles. The van der Waals surface area contributed by atoms with Crippen molar-refractivity contribution in [1.29, 1.82) is 0 Å². The van der Waals surface area contributed by atoms with Gasteiger partial charge >= 0.3 is 0 Å². The van der Waals surface area contributed by atoms with Gasteiger partial charge < -0.3 is 19.4 Å². The number of amides is 2. The van der Waals surface area contributed by atoms with Crippen molar-refractivity contribution in [2.45, 2.75) is 0 Å². The number of carbonyl (C=O) groups excluding carboxylic acids is 2. The Morgan fingerprint density at radius 1 is 1.10 bits per heavy atom. The number of piperazine rings is 1. The highest BCUT2D eigenvalue weighted by Crippen LogP contribution is 2.29. The number of halogens is 1. The van der Waals surface area contributed by atoms with Gasteiger partial charge in [0, 0.05) is 37.3 Å². The highest BCUT2D eigenvalue weighted by atomic mass is 19.1. The number of hydrogen-bond acceptors (Lipinski definition) is 5.